The van der Waals surface area contributed by atoms with Crippen molar-refractivity contribution < 1.29 is 4.79 Å². The van der Waals surface area contributed by atoms with Crippen LogP contribution in [0.2, 0.25) is 0 Å². The molecule has 3 rings (SSSR count). The Kier molecular flexibility index (Phi) is 6.36. The standard InChI is InChI=1S/C8H16O.C6H4.C6H6/c1-6(2)8(4,5)7(3)9;1-2-6-4-3-5(1)6;1-2-4-6-5-3-1/h6H,1-5H3;1-4H;1-6H. The summed E-state index contributed by atoms with van der Waals surface area (Å²) < 4.78 is 0. The second kappa shape index (κ2) is 7.78. The Balaban J connectivity index is 0.000000161. The molecule has 112 valence electrons. The smallest absolute Gasteiger partial charge is 0.135 e. The summed E-state index contributed by atoms with van der Waals surface area (Å²) in [5, 5.41) is 0. The molecule has 0 bridgehead atoms. The maximum absolute atomic E-state index is 10.9. The number of hydrogen-bond acceptors (Lipinski definition) is 1. The molecule has 0 saturated carbocycles. The SMILES string of the molecule is CC(=O)C(C)(C)C(C)C.c1cc2ccc1-2.c1ccccc1. The van der Waals surface area contributed by atoms with Gasteiger partial charge in [0.2, 0.25) is 0 Å². The fraction of sp³-hybridized carbons (Fsp3) is 0.350. The van der Waals surface area contributed by atoms with E-state index in [4.69, 9.17) is 0 Å². The highest BCUT2D eigenvalue weighted by Crippen LogP contribution is 2.29. The van der Waals surface area contributed by atoms with E-state index in [0.717, 1.165) is 0 Å². The van der Waals surface area contributed by atoms with Gasteiger partial charge >= 0.3 is 0 Å². The Hall–Kier alpha value is -1.89. The van der Waals surface area contributed by atoms with Crippen LogP contribution in [-0.2, 0) is 4.79 Å². The number of hydrogen-bond donors (Lipinski definition) is 0. The Morgan fingerprint density at radius 1 is 0.810 bits per heavy atom. The molecule has 0 amide bonds. The third kappa shape index (κ3) is 5.18. The van der Waals surface area contributed by atoms with Crippen molar-refractivity contribution in [2.24, 2.45) is 11.3 Å². The van der Waals surface area contributed by atoms with Crippen molar-refractivity contribution in [2.45, 2.75) is 34.6 Å². The average molecular weight is 282 g/mol. The van der Waals surface area contributed by atoms with Crippen LogP contribution in [0.3, 0.4) is 0 Å². The number of Topliss-reactive ketones (excluding diaryl/α,β-unsaturated/α-hetero) is 1. The molecule has 21 heavy (non-hydrogen) atoms. The van der Waals surface area contributed by atoms with Gasteiger partial charge in [-0.15, -0.1) is 0 Å². The van der Waals surface area contributed by atoms with Crippen molar-refractivity contribution in [1.29, 1.82) is 0 Å². The zero-order valence-electron chi connectivity index (χ0n) is 13.8. The highest BCUT2D eigenvalue weighted by molar-refractivity contribution is 5.81. The van der Waals surface area contributed by atoms with E-state index < -0.39 is 0 Å². The third-order valence-electron chi connectivity index (χ3n) is 4.24. The molecule has 1 nitrogen and oxygen atoms in total. The summed E-state index contributed by atoms with van der Waals surface area (Å²) in [6.45, 7) is 9.77. The van der Waals surface area contributed by atoms with Gasteiger partial charge in [0.1, 0.15) is 5.78 Å². The molecule has 0 unspecified atom stereocenters. The van der Waals surface area contributed by atoms with Gasteiger partial charge in [-0.3, -0.25) is 4.79 Å². The van der Waals surface area contributed by atoms with Crippen LogP contribution >= 0.6 is 0 Å². The first-order valence-corrected chi connectivity index (χ1v) is 7.47. The molecule has 0 N–H and O–H groups in total. The fourth-order valence-corrected chi connectivity index (χ4v) is 1.45. The monoisotopic (exact) mass is 282 g/mol. The largest absolute Gasteiger partial charge is 0.299 e. The Bertz CT molecular complexity index is 486. The van der Waals surface area contributed by atoms with Crippen molar-refractivity contribution in [3.05, 3.63) is 60.7 Å². The van der Waals surface area contributed by atoms with Crippen molar-refractivity contribution >= 4 is 5.78 Å². The number of carbonyl (C=O) groups excluding carboxylic acids is 1. The van der Waals surface area contributed by atoms with Crippen LogP contribution in [0, 0.1) is 11.3 Å². The Morgan fingerprint density at radius 2 is 1.10 bits per heavy atom. The Morgan fingerprint density at radius 3 is 1.14 bits per heavy atom. The molecule has 1 heteroatoms. The first kappa shape index (κ1) is 17.2. The molecule has 0 aromatic heterocycles. The zero-order valence-corrected chi connectivity index (χ0v) is 13.8. The van der Waals surface area contributed by atoms with Crippen LogP contribution in [0.1, 0.15) is 34.6 Å². The number of rotatable bonds is 2. The molecule has 2 aliphatic carbocycles. The van der Waals surface area contributed by atoms with Gasteiger partial charge < -0.3 is 0 Å². The molecule has 0 radical (unpaired) electrons. The lowest BCUT2D eigenvalue weighted by Gasteiger charge is -2.25. The summed E-state index contributed by atoms with van der Waals surface area (Å²) in [7, 11) is 0. The number of ketones is 1. The van der Waals surface area contributed by atoms with Crippen LogP contribution in [-0.4, -0.2) is 5.78 Å². The van der Waals surface area contributed by atoms with E-state index in [2.05, 4.69) is 38.1 Å². The van der Waals surface area contributed by atoms with Crippen LogP contribution in [0.15, 0.2) is 60.7 Å². The van der Waals surface area contributed by atoms with Gasteiger partial charge in [0.15, 0.2) is 0 Å². The highest BCUT2D eigenvalue weighted by Gasteiger charge is 2.26. The van der Waals surface area contributed by atoms with Gasteiger partial charge in [0.25, 0.3) is 0 Å². The molecular weight excluding hydrogens is 256 g/mol. The van der Waals surface area contributed by atoms with Crippen molar-refractivity contribution in [2.75, 3.05) is 0 Å². The molecule has 1 aromatic carbocycles. The summed E-state index contributed by atoms with van der Waals surface area (Å²) in [4.78, 5) is 10.9. The van der Waals surface area contributed by atoms with Gasteiger partial charge in [0.05, 0.1) is 0 Å². The second-order valence-corrected chi connectivity index (χ2v) is 6.16. The molecule has 0 spiro atoms. The summed E-state index contributed by atoms with van der Waals surface area (Å²) in [6, 6.07) is 20.5. The summed E-state index contributed by atoms with van der Waals surface area (Å²) >= 11 is 0. The van der Waals surface area contributed by atoms with Crippen LogP contribution in [0.5, 0.6) is 0 Å². The van der Waals surface area contributed by atoms with E-state index in [0.29, 0.717) is 5.92 Å². The topological polar surface area (TPSA) is 17.1 Å². The van der Waals surface area contributed by atoms with E-state index in [9.17, 15) is 4.79 Å². The lowest BCUT2D eigenvalue weighted by molar-refractivity contribution is -0.126. The van der Waals surface area contributed by atoms with Crippen LogP contribution in [0.25, 0.3) is 11.1 Å². The van der Waals surface area contributed by atoms with Gasteiger partial charge in [0, 0.05) is 5.41 Å². The normalized spacial score (nSPS) is 10.8. The van der Waals surface area contributed by atoms with Gasteiger partial charge in [-0.05, 0) is 24.0 Å². The molecule has 0 saturated heterocycles. The Labute approximate surface area is 129 Å². The van der Waals surface area contributed by atoms with E-state index in [1.54, 1.807) is 6.92 Å². The number of fused-ring (bicyclic) bond motifs is 1. The maximum atomic E-state index is 10.9. The molecule has 1 aromatic rings. The van der Waals surface area contributed by atoms with E-state index in [1.807, 2.05) is 50.2 Å². The van der Waals surface area contributed by atoms with Crippen molar-refractivity contribution in [3.8, 4) is 11.1 Å². The summed E-state index contributed by atoms with van der Waals surface area (Å²) in [6.07, 6.45) is 0. The van der Waals surface area contributed by atoms with E-state index >= 15 is 0 Å². The minimum absolute atomic E-state index is 0.139. The molecular formula is C20H26O. The fourth-order valence-electron chi connectivity index (χ4n) is 1.45. The lowest BCUT2D eigenvalue weighted by Crippen LogP contribution is -2.27. The van der Waals surface area contributed by atoms with Crippen molar-refractivity contribution in [1.82, 2.24) is 0 Å². The quantitative estimate of drug-likeness (QED) is 0.597. The first-order valence-electron chi connectivity index (χ1n) is 7.47. The van der Waals surface area contributed by atoms with Crippen molar-refractivity contribution in [3.63, 3.8) is 0 Å². The van der Waals surface area contributed by atoms with Crippen LogP contribution in [0.4, 0.5) is 0 Å². The first-order chi connectivity index (χ1) is 9.85. The minimum Gasteiger partial charge on any atom is -0.299 e. The number of benzene rings is 2. The zero-order chi connectivity index (χ0) is 15.9. The minimum atomic E-state index is -0.139. The molecule has 2 aliphatic rings. The highest BCUT2D eigenvalue weighted by atomic mass is 16.1. The predicted octanol–water partition coefficient (Wildman–Crippen LogP) is 5.61. The van der Waals surface area contributed by atoms with Gasteiger partial charge in [-0.25, -0.2) is 0 Å². The average Bonchev–Trinajstić information content (AvgIpc) is 2.45. The summed E-state index contributed by atoms with van der Waals surface area (Å²) in [5.41, 5.74) is 2.71. The molecule has 0 heterocycles. The second-order valence-electron chi connectivity index (χ2n) is 6.16. The third-order valence-corrected chi connectivity index (χ3v) is 4.24. The molecule has 0 atom stereocenters. The predicted molar refractivity (Wildman–Crippen MR) is 91.2 cm³/mol. The summed E-state index contributed by atoms with van der Waals surface area (Å²) in [5.74, 6) is 0.715. The molecule has 0 fully saturated rings. The van der Waals surface area contributed by atoms with Crippen LogP contribution < -0.4 is 0 Å². The maximum Gasteiger partial charge on any atom is 0.135 e. The van der Waals surface area contributed by atoms with E-state index in [1.165, 1.54) is 11.1 Å². The van der Waals surface area contributed by atoms with E-state index in [-0.39, 0.29) is 11.2 Å². The van der Waals surface area contributed by atoms with Gasteiger partial charge in [-0.1, -0.05) is 88.4 Å². The van der Waals surface area contributed by atoms with Gasteiger partial charge in [-0.2, -0.15) is 0 Å². The molecule has 0 aliphatic heterocycles. The lowest BCUT2D eigenvalue weighted by atomic mass is 9.78. The number of carbonyl (C=O) groups is 1.